The van der Waals surface area contributed by atoms with E-state index in [4.69, 9.17) is 4.74 Å². The van der Waals surface area contributed by atoms with Gasteiger partial charge in [-0.3, -0.25) is 4.79 Å². The Kier molecular flexibility index (Phi) is 8.91. The molecule has 6 nitrogen and oxygen atoms in total. The first-order chi connectivity index (χ1) is 12.5. The van der Waals surface area contributed by atoms with E-state index >= 15 is 0 Å². The van der Waals surface area contributed by atoms with Gasteiger partial charge in [0.25, 0.3) is 0 Å². The van der Waals surface area contributed by atoms with Gasteiger partial charge in [0.1, 0.15) is 11.9 Å². The zero-order valence-corrected chi connectivity index (χ0v) is 17.5. The van der Waals surface area contributed by atoms with Crippen molar-refractivity contribution in [3.63, 3.8) is 0 Å². The summed E-state index contributed by atoms with van der Waals surface area (Å²) in [5.74, 6) is 1.61. The molecule has 0 spiro atoms. The Hall–Kier alpha value is -1.08. The monoisotopic (exact) mass is 382 g/mol. The number of nitrogens with one attached hydrogen (secondary N) is 1. The second-order valence-electron chi connectivity index (χ2n) is 7.50. The van der Waals surface area contributed by atoms with Gasteiger partial charge in [0.05, 0.1) is 0 Å². The Labute approximate surface area is 161 Å². The summed E-state index contributed by atoms with van der Waals surface area (Å²) in [7, 11) is 0. The number of nitrogens with zero attached hydrogens (tertiary/aromatic N) is 3. The molecule has 1 aromatic rings. The van der Waals surface area contributed by atoms with Crippen LogP contribution >= 0.6 is 11.8 Å². The molecule has 1 heterocycles. The van der Waals surface area contributed by atoms with Crippen LogP contribution in [0.25, 0.3) is 0 Å². The van der Waals surface area contributed by atoms with Crippen LogP contribution in [0.15, 0.2) is 5.16 Å². The standard InChI is InChI=1S/C19H34N4O2S/c1-14(2)11-13-25-15(3)18(24)20-12-7-10-17-21-22-19(26-4)23(17)16-8-5-6-9-16/h14-16H,5-13H2,1-4H3,(H,20,24). The molecule has 1 aliphatic carbocycles. The highest BCUT2D eigenvalue weighted by atomic mass is 32.2. The van der Waals surface area contributed by atoms with Crippen LogP contribution in [0.5, 0.6) is 0 Å². The molecule has 1 atom stereocenters. The molecule has 1 aliphatic rings. The maximum Gasteiger partial charge on any atom is 0.248 e. The molecule has 1 saturated carbocycles. The van der Waals surface area contributed by atoms with Crippen LogP contribution in [-0.4, -0.2) is 46.2 Å². The van der Waals surface area contributed by atoms with Crippen LogP contribution in [-0.2, 0) is 16.0 Å². The molecule has 0 aliphatic heterocycles. The van der Waals surface area contributed by atoms with E-state index in [2.05, 4.69) is 40.2 Å². The predicted octanol–water partition coefficient (Wildman–Crippen LogP) is 3.62. The van der Waals surface area contributed by atoms with E-state index in [1.165, 1.54) is 25.7 Å². The summed E-state index contributed by atoms with van der Waals surface area (Å²) in [6.07, 6.45) is 9.38. The fourth-order valence-electron chi connectivity index (χ4n) is 3.30. The second kappa shape index (κ2) is 10.9. The maximum absolute atomic E-state index is 12.1. The minimum absolute atomic E-state index is 0.0316. The van der Waals surface area contributed by atoms with Crippen molar-refractivity contribution in [2.24, 2.45) is 5.92 Å². The Morgan fingerprint density at radius 3 is 2.69 bits per heavy atom. The molecular weight excluding hydrogens is 348 g/mol. The molecule has 0 saturated heterocycles. The molecule has 1 amide bonds. The van der Waals surface area contributed by atoms with E-state index in [1.54, 1.807) is 11.8 Å². The molecule has 2 rings (SSSR count). The summed E-state index contributed by atoms with van der Waals surface area (Å²) in [5, 5.41) is 12.7. The quantitative estimate of drug-likeness (QED) is 0.468. The fourth-order valence-corrected chi connectivity index (χ4v) is 3.88. The number of carbonyl (C=O) groups is 1. The van der Waals surface area contributed by atoms with Gasteiger partial charge in [-0.05, 0) is 44.8 Å². The summed E-state index contributed by atoms with van der Waals surface area (Å²) in [6.45, 7) is 7.40. The van der Waals surface area contributed by atoms with Gasteiger partial charge in [-0.25, -0.2) is 0 Å². The van der Waals surface area contributed by atoms with Gasteiger partial charge in [0.15, 0.2) is 5.16 Å². The smallest absolute Gasteiger partial charge is 0.248 e. The molecular formula is C19H34N4O2S. The van der Waals surface area contributed by atoms with Crippen molar-refractivity contribution in [2.45, 2.75) is 83.0 Å². The summed E-state index contributed by atoms with van der Waals surface area (Å²) in [4.78, 5) is 12.1. The lowest BCUT2D eigenvalue weighted by atomic mass is 10.1. The lowest BCUT2D eigenvalue weighted by Crippen LogP contribution is -2.35. The number of ether oxygens (including phenoxy) is 1. The third-order valence-electron chi connectivity index (χ3n) is 4.92. The predicted molar refractivity (Wildman–Crippen MR) is 106 cm³/mol. The highest BCUT2D eigenvalue weighted by molar-refractivity contribution is 7.98. The maximum atomic E-state index is 12.1. The molecule has 0 bridgehead atoms. The Morgan fingerprint density at radius 1 is 1.31 bits per heavy atom. The van der Waals surface area contributed by atoms with Gasteiger partial charge in [-0.1, -0.05) is 38.5 Å². The number of thioether (sulfide) groups is 1. The van der Waals surface area contributed by atoms with E-state index in [0.717, 1.165) is 30.2 Å². The highest BCUT2D eigenvalue weighted by Crippen LogP contribution is 2.33. The van der Waals surface area contributed by atoms with Gasteiger partial charge in [-0.15, -0.1) is 10.2 Å². The van der Waals surface area contributed by atoms with Gasteiger partial charge in [0.2, 0.25) is 5.91 Å². The first-order valence-corrected chi connectivity index (χ1v) is 11.1. The van der Waals surface area contributed by atoms with Gasteiger partial charge in [-0.2, -0.15) is 0 Å². The van der Waals surface area contributed by atoms with Crippen molar-refractivity contribution < 1.29 is 9.53 Å². The Bertz CT molecular complexity index is 556. The number of aromatic nitrogens is 3. The molecule has 0 aromatic carbocycles. The van der Waals surface area contributed by atoms with Crippen molar-refractivity contribution in [1.29, 1.82) is 0 Å². The number of carbonyl (C=O) groups excluding carboxylic acids is 1. The molecule has 26 heavy (non-hydrogen) atoms. The average Bonchev–Trinajstić information content (AvgIpc) is 3.26. The van der Waals surface area contributed by atoms with Crippen LogP contribution in [0.1, 0.15) is 71.2 Å². The zero-order valence-electron chi connectivity index (χ0n) is 16.7. The number of hydrogen-bond donors (Lipinski definition) is 1. The SMILES string of the molecule is CSc1nnc(CCCNC(=O)C(C)OCCC(C)C)n1C1CCCC1. The molecule has 1 fully saturated rings. The topological polar surface area (TPSA) is 69.0 Å². The minimum atomic E-state index is -0.390. The second-order valence-corrected chi connectivity index (χ2v) is 8.27. The van der Waals surface area contributed by atoms with E-state index in [1.807, 2.05) is 6.92 Å². The number of aryl methyl sites for hydroxylation is 1. The van der Waals surface area contributed by atoms with E-state index in [0.29, 0.717) is 25.1 Å². The summed E-state index contributed by atoms with van der Waals surface area (Å²) >= 11 is 1.66. The Balaban J connectivity index is 1.74. The zero-order chi connectivity index (χ0) is 18.9. The van der Waals surface area contributed by atoms with Gasteiger partial charge < -0.3 is 14.6 Å². The molecule has 0 radical (unpaired) electrons. The van der Waals surface area contributed by atoms with Crippen molar-refractivity contribution in [2.75, 3.05) is 19.4 Å². The third kappa shape index (κ3) is 6.27. The van der Waals surface area contributed by atoms with E-state index < -0.39 is 0 Å². The van der Waals surface area contributed by atoms with Crippen molar-refractivity contribution in [3.05, 3.63) is 5.82 Å². The molecule has 1 aromatic heterocycles. The van der Waals surface area contributed by atoms with Crippen LogP contribution in [0.4, 0.5) is 0 Å². The first kappa shape index (κ1) is 21.2. The summed E-state index contributed by atoms with van der Waals surface area (Å²) < 4.78 is 7.92. The van der Waals surface area contributed by atoms with E-state index in [9.17, 15) is 4.79 Å². The van der Waals surface area contributed by atoms with Crippen LogP contribution < -0.4 is 5.32 Å². The van der Waals surface area contributed by atoms with Crippen molar-refractivity contribution in [1.82, 2.24) is 20.1 Å². The van der Waals surface area contributed by atoms with Gasteiger partial charge in [0, 0.05) is 25.6 Å². The number of hydrogen-bond acceptors (Lipinski definition) is 5. The van der Waals surface area contributed by atoms with Crippen molar-refractivity contribution in [3.8, 4) is 0 Å². The lowest BCUT2D eigenvalue weighted by molar-refractivity contribution is -0.131. The fraction of sp³-hybridized carbons (Fsp3) is 0.842. The first-order valence-electron chi connectivity index (χ1n) is 9.90. The summed E-state index contributed by atoms with van der Waals surface area (Å²) in [6, 6.07) is 0.548. The molecule has 1 N–H and O–H groups in total. The number of amides is 1. The number of rotatable bonds is 11. The van der Waals surface area contributed by atoms with Gasteiger partial charge >= 0.3 is 0 Å². The third-order valence-corrected chi connectivity index (χ3v) is 5.56. The normalized spacial score (nSPS) is 16.3. The highest BCUT2D eigenvalue weighted by Gasteiger charge is 2.23. The molecule has 7 heteroatoms. The van der Waals surface area contributed by atoms with Crippen LogP contribution in [0, 0.1) is 5.92 Å². The van der Waals surface area contributed by atoms with Crippen molar-refractivity contribution >= 4 is 17.7 Å². The summed E-state index contributed by atoms with van der Waals surface area (Å²) in [5.41, 5.74) is 0. The Morgan fingerprint density at radius 2 is 2.04 bits per heavy atom. The van der Waals surface area contributed by atoms with Crippen LogP contribution in [0.2, 0.25) is 0 Å². The van der Waals surface area contributed by atoms with Crippen LogP contribution in [0.3, 0.4) is 0 Å². The molecule has 148 valence electrons. The minimum Gasteiger partial charge on any atom is -0.369 e. The molecule has 1 unspecified atom stereocenters. The lowest BCUT2D eigenvalue weighted by Gasteiger charge is -2.16. The van der Waals surface area contributed by atoms with E-state index in [-0.39, 0.29) is 12.0 Å². The average molecular weight is 383 g/mol. The largest absolute Gasteiger partial charge is 0.369 e.